The largest absolute Gasteiger partial charge is 0.496 e. The second-order valence-electron chi connectivity index (χ2n) is 5.94. The molecule has 0 radical (unpaired) electrons. The molecule has 1 heterocycles. The summed E-state index contributed by atoms with van der Waals surface area (Å²) in [5.74, 6) is 0.917. The molecule has 124 valence electrons. The number of carbonyl (C=O) groups excluding carboxylic acids is 1. The number of Topliss-reactive ketones (excluding diaryl/α,β-unsaturated/α-hetero) is 1. The lowest BCUT2D eigenvalue weighted by atomic mass is 10.0. The number of hydrogen-bond donors (Lipinski definition) is 2. The Morgan fingerprint density at radius 1 is 1.17 bits per heavy atom. The molecule has 3 rings (SSSR count). The van der Waals surface area contributed by atoms with Crippen LogP contribution in [-0.2, 0) is 0 Å². The first-order valence-electron chi connectivity index (χ1n) is 8.08. The normalized spacial score (nSPS) is 12.3. The number of rotatable bonds is 6. The van der Waals surface area contributed by atoms with Gasteiger partial charge in [0.25, 0.3) is 0 Å². The summed E-state index contributed by atoms with van der Waals surface area (Å²) >= 11 is 0. The molecule has 0 spiro atoms. The van der Waals surface area contributed by atoms with Crippen molar-refractivity contribution in [1.82, 2.24) is 10.3 Å². The second-order valence-corrected chi connectivity index (χ2v) is 5.94. The molecule has 3 aromatic rings. The van der Waals surface area contributed by atoms with Crippen molar-refractivity contribution in [3.05, 3.63) is 65.4 Å². The zero-order valence-electron chi connectivity index (χ0n) is 14.2. The minimum Gasteiger partial charge on any atom is -0.496 e. The number of aryl methyl sites for hydroxylation is 1. The van der Waals surface area contributed by atoms with Crippen LogP contribution in [0.5, 0.6) is 5.75 Å². The minimum atomic E-state index is 0.0237. The maximum atomic E-state index is 12.7. The lowest BCUT2D eigenvalue weighted by Crippen LogP contribution is -2.26. The van der Waals surface area contributed by atoms with Gasteiger partial charge < -0.3 is 15.0 Å². The fraction of sp³-hybridized carbons (Fsp3) is 0.250. The Morgan fingerprint density at radius 3 is 2.67 bits per heavy atom. The van der Waals surface area contributed by atoms with Crippen molar-refractivity contribution in [1.29, 1.82) is 0 Å². The van der Waals surface area contributed by atoms with E-state index in [-0.39, 0.29) is 18.4 Å². The molecule has 0 amide bonds. The van der Waals surface area contributed by atoms with E-state index < -0.39 is 0 Å². The lowest BCUT2D eigenvalue weighted by Gasteiger charge is -2.16. The summed E-state index contributed by atoms with van der Waals surface area (Å²) in [6, 6.07) is 15.8. The highest BCUT2D eigenvalue weighted by Crippen LogP contribution is 2.25. The highest BCUT2D eigenvalue weighted by atomic mass is 16.5. The maximum Gasteiger partial charge on any atom is 0.179 e. The summed E-state index contributed by atoms with van der Waals surface area (Å²) in [6.07, 6.45) is 0. The first-order valence-corrected chi connectivity index (χ1v) is 8.08. The van der Waals surface area contributed by atoms with Crippen LogP contribution >= 0.6 is 0 Å². The van der Waals surface area contributed by atoms with Crippen molar-refractivity contribution in [2.24, 2.45) is 0 Å². The number of ketones is 1. The van der Waals surface area contributed by atoms with Gasteiger partial charge in [0.05, 0.1) is 13.7 Å². The molecular weight excluding hydrogens is 300 g/mol. The Kier molecular flexibility index (Phi) is 4.67. The highest BCUT2D eigenvalue weighted by molar-refractivity contribution is 6.10. The topological polar surface area (TPSA) is 54.1 Å². The fourth-order valence-electron chi connectivity index (χ4n) is 3.10. The highest BCUT2D eigenvalue weighted by Gasteiger charge is 2.17. The summed E-state index contributed by atoms with van der Waals surface area (Å²) < 4.78 is 5.39. The molecule has 0 aliphatic carbocycles. The molecule has 0 saturated heterocycles. The van der Waals surface area contributed by atoms with Gasteiger partial charge in [-0.2, -0.15) is 0 Å². The summed E-state index contributed by atoms with van der Waals surface area (Å²) in [7, 11) is 1.66. The van der Waals surface area contributed by atoms with Gasteiger partial charge in [0.1, 0.15) is 5.75 Å². The third-order valence-corrected chi connectivity index (χ3v) is 4.35. The molecule has 1 atom stereocenters. The number of para-hydroxylation sites is 2. The zero-order valence-corrected chi connectivity index (χ0v) is 14.2. The Hall–Kier alpha value is -2.59. The number of methoxy groups -OCH3 is 1. The summed E-state index contributed by atoms with van der Waals surface area (Å²) in [5.41, 5.74) is 3.72. The van der Waals surface area contributed by atoms with Gasteiger partial charge in [0, 0.05) is 33.8 Å². The van der Waals surface area contributed by atoms with Crippen molar-refractivity contribution in [2.45, 2.75) is 19.9 Å². The Morgan fingerprint density at radius 2 is 1.88 bits per heavy atom. The average molecular weight is 322 g/mol. The van der Waals surface area contributed by atoms with Crippen LogP contribution in [-0.4, -0.2) is 24.4 Å². The van der Waals surface area contributed by atoms with Crippen LogP contribution in [0.4, 0.5) is 0 Å². The van der Waals surface area contributed by atoms with Crippen molar-refractivity contribution in [3.63, 3.8) is 0 Å². The van der Waals surface area contributed by atoms with Crippen LogP contribution < -0.4 is 10.1 Å². The number of H-pyrrole nitrogens is 1. The molecule has 0 unspecified atom stereocenters. The summed E-state index contributed by atoms with van der Waals surface area (Å²) in [6.45, 7) is 4.26. The third-order valence-electron chi connectivity index (χ3n) is 4.35. The summed E-state index contributed by atoms with van der Waals surface area (Å²) in [4.78, 5) is 16.0. The molecule has 0 saturated carbocycles. The van der Waals surface area contributed by atoms with Crippen LogP contribution in [0.1, 0.15) is 34.6 Å². The van der Waals surface area contributed by atoms with E-state index in [0.717, 1.165) is 33.5 Å². The lowest BCUT2D eigenvalue weighted by molar-refractivity contribution is 0.0988. The van der Waals surface area contributed by atoms with Gasteiger partial charge in [0.15, 0.2) is 5.78 Å². The molecule has 2 aromatic carbocycles. The van der Waals surface area contributed by atoms with Gasteiger partial charge in [-0.05, 0) is 26.0 Å². The van der Waals surface area contributed by atoms with Crippen LogP contribution in [0, 0.1) is 6.92 Å². The van der Waals surface area contributed by atoms with Gasteiger partial charge in [-0.25, -0.2) is 0 Å². The quantitative estimate of drug-likeness (QED) is 0.674. The molecule has 0 aliphatic heterocycles. The first-order chi connectivity index (χ1) is 11.6. The van der Waals surface area contributed by atoms with Crippen LogP contribution in [0.3, 0.4) is 0 Å². The Balaban J connectivity index is 1.76. The van der Waals surface area contributed by atoms with Crippen molar-refractivity contribution in [3.8, 4) is 5.75 Å². The smallest absolute Gasteiger partial charge is 0.179 e. The van der Waals surface area contributed by atoms with E-state index in [9.17, 15) is 4.79 Å². The van der Waals surface area contributed by atoms with Crippen molar-refractivity contribution in [2.75, 3.05) is 13.7 Å². The Labute approximate surface area is 141 Å². The second kappa shape index (κ2) is 6.89. The van der Waals surface area contributed by atoms with Gasteiger partial charge in [-0.3, -0.25) is 4.79 Å². The molecule has 24 heavy (non-hydrogen) atoms. The van der Waals surface area contributed by atoms with Crippen LogP contribution in [0.15, 0.2) is 48.5 Å². The fourth-order valence-corrected chi connectivity index (χ4v) is 3.10. The number of ether oxygens (including phenoxy) is 1. The number of hydrogen-bond acceptors (Lipinski definition) is 3. The SMILES string of the molecule is COc1ccccc1[C@@H](C)NCC(=O)c1c(C)[nH]c2ccccc12. The van der Waals surface area contributed by atoms with E-state index in [1.54, 1.807) is 7.11 Å². The predicted octanol–water partition coefficient (Wildman–Crippen LogP) is 4.02. The maximum absolute atomic E-state index is 12.7. The molecule has 0 aliphatic rings. The number of carbonyl (C=O) groups is 1. The van der Waals surface area contributed by atoms with Crippen molar-refractivity contribution < 1.29 is 9.53 Å². The van der Waals surface area contributed by atoms with Gasteiger partial charge >= 0.3 is 0 Å². The number of nitrogens with one attached hydrogen (secondary N) is 2. The standard InChI is InChI=1S/C20H22N2O2/c1-13(15-8-5-7-11-19(15)24-3)21-12-18(23)20-14(2)22-17-10-6-4-9-16(17)20/h4-11,13,21-22H,12H2,1-3H3/t13-/m1/s1. The van der Waals surface area contributed by atoms with E-state index in [2.05, 4.69) is 10.3 Å². The Bertz CT molecular complexity index is 867. The van der Waals surface area contributed by atoms with Gasteiger partial charge in [-0.15, -0.1) is 0 Å². The molecule has 1 aromatic heterocycles. The number of benzene rings is 2. The predicted molar refractivity (Wildman–Crippen MR) is 96.8 cm³/mol. The van der Waals surface area contributed by atoms with Crippen LogP contribution in [0.25, 0.3) is 10.9 Å². The zero-order chi connectivity index (χ0) is 17.1. The van der Waals surface area contributed by atoms with Crippen LogP contribution in [0.2, 0.25) is 0 Å². The van der Waals surface area contributed by atoms with Gasteiger partial charge in [-0.1, -0.05) is 36.4 Å². The first kappa shape index (κ1) is 16.3. The average Bonchev–Trinajstić information content (AvgIpc) is 2.95. The minimum absolute atomic E-state index is 0.0237. The van der Waals surface area contributed by atoms with E-state index in [0.29, 0.717) is 0 Å². The number of aromatic amines is 1. The molecule has 0 fully saturated rings. The molecule has 4 heteroatoms. The van der Waals surface area contributed by atoms with E-state index in [1.165, 1.54) is 0 Å². The van der Waals surface area contributed by atoms with Crippen molar-refractivity contribution >= 4 is 16.7 Å². The molecule has 0 bridgehead atoms. The molecular formula is C20H22N2O2. The van der Waals surface area contributed by atoms with Gasteiger partial charge in [0.2, 0.25) is 0 Å². The number of fused-ring (bicyclic) bond motifs is 1. The molecule has 2 N–H and O–H groups in total. The van der Waals surface area contributed by atoms with E-state index in [4.69, 9.17) is 4.74 Å². The monoisotopic (exact) mass is 322 g/mol. The molecule has 4 nitrogen and oxygen atoms in total. The third kappa shape index (κ3) is 3.05. The summed E-state index contributed by atoms with van der Waals surface area (Å²) in [5, 5.41) is 4.29. The number of aromatic nitrogens is 1. The van der Waals surface area contributed by atoms with E-state index >= 15 is 0 Å². The van der Waals surface area contributed by atoms with E-state index in [1.807, 2.05) is 62.4 Å².